The molecule has 1 atom stereocenters. The molecular weight excluding hydrogens is 272 g/mol. The Morgan fingerprint density at radius 1 is 1.05 bits per heavy atom. The lowest BCUT2D eigenvalue weighted by Gasteiger charge is -2.27. The summed E-state index contributed by atoms with van der Waals surface area (Å²) >= 11 is 0. The second kappa shape index (κ2) is 6.12. The maximum atomic E-state index is 12.1. The molecule has 110 valence electrons. The Labute approximate surface area is 122 Å². The van der Waals surface area contributed by atoms with Gasteiger partial charge in [-0.25, -0.2) is 0 Å². The highest BCUT2D eigenvalue weighted by atomic mass is 19.3. The van der Waals surface area contributed by atoms with Crippen LogP contribution in [-0.2, 0) is 6.42 Å². The molecule has 0 aromatic heterocycles. The van der Waals surface area contributed by atoms with Crippen LogP contribution in [0.5, 0.6) is 5.75 Å². The molecular formula is C17H17F2NO. The molecule has 0 fully saturated rings. The minimum Gasteiger partial charge on any atom is -0.435 e. The normalized spacial score (nSPS) is 17.4. The molecule has 1 unspecified atom stereocenters. The first kappa shape index (κ1) is 13.9. The maximum absolute atomic E-state index is 12.1. The van der Waals surface area contributed by atoms with Crippen LogP contribution >= 0.6 is 0 Å². The van der Waals surface area contributed by atoms with E-state index in [1.807, 2.05) is 0 Å². The number of ether oxygens (including phenoxy) is 1. The molecule has 0 heterocycles. The first-order valence-electron chi connectivity index (χ1n) is 7.11. The van der Waals surface area contributed by atoms with E-state index < -0.39 is 6.61 Å². The van der Waals surface area contributed by atoms with E-state index >= 15 is 0 Å². The average Bonchev–Trinajstić information content (AvgIpc) is 2.49. The van der Waals surface area contributed by atoms with Gasteiger partial charge >= 0.3 is 6.61 Å². The SMILES string of the molecule is FC(F)Oc1ccc(NC2CCCc3ccccc32)cc1. The standard InChI is InChI=1S/C17H17F2NO/c18-17(19)21-14-10-8-13(9-11-14)20-16-7-3-5-12-4-1-2-6-15(12)16/h1-2,4,6,8-11,16-17,20H,3,5,7H2. The molecule has 1 N–H and O–H groups in total. The topological polar surface area (TPSA) is 21.3 Å². The van der Waals surface area contributed by atoms with Crippen LogP contribution in [0.15, 0.2) is 48.5 Å². The van der Waals surface area contributed by atoms with Crippen LogP contribution in [0.4, 0.5) is 14.5 Å². The van der Waals surface area contributed by atoms with Gasteiger partial charge in [0.2, 0.25) is 0 Å². The van der Waals surface area contributed by atoms with E-state index in [-0.39, 0.29) is 11.8 Å². The van der Waals surface area contributed by atoms with Gasteiger partial charge in [0, 0.05) is 5.69 Å². The fourth-order valence-corrected chi connectivity index (χ4v) is 2.84. The third-order valence-electron chi connectivity index (χ3n) is 3.79. The Bertz CT molecular complexity index is 598. The molecule has 4 heteroatoms. The molecule has 0 radical (unpaired) electrons. The predicted molar refractivity (Wildman–Crippen MR) is 78.8 cm³/mol. The zero-order valence-corrected chi connectivity index (χ0v) is 11.6. The van der Waals surface area contributed by atoms with Crippen molar-refractivity contribution in [2.75, 3.05) is 5.32 Å². The van der Waals surface area contributed by atoms with Crippen molar-refractivity contribution in [3.05, 3.63) is 59.7 Å². The quantitative estimate of drug-likeness (QED) is 0.874. The zero-order chi connectivity index (χ0) is 14.7. The van der Waals surface area contributed by atoms with Crippen molar-refractivity contribution in [1.82, 2.24) is 0 Å². The Morgan fingerprint density at radius 2 is 1.81 bits per heavy atom. The molecule has 1 aliphatic carbocycles. The van der Waals surface area contributed by atoms with E-state index in [0.717, 1.165) is 24.9 Å². The Hall–Kier alpha value is -2.10. The Kier molecular flexibility index (Phi) is 4.04. The molecule has 2 nitrogen and oxygen atoms in total. The molecule has 2 aromatic carbocycles. The third-order valence-corrected chi connectivity index (χ3v) is 3.79. The second-order valence-corrected chi connectivity index (χ2v) is 5.19. The second-order valence-electron chi connectivity index (χ2n) is 5.19. The van der Waals surface area contributed by atoms with Crippen molar-refractivity contribution >= 4 is 5.69 Å². The van der Waals surface area contributed by atoms with Crippen LogP contribution in [0.2, 0.25) is 0 Å². The molecule has 2 aromatic rings. The summed E-state index contributed by atoms with van der Waals surface area (Å²) in [6, 6.07) is 15.4. The lowest BCUT2D eigenvalue weighted by atomic mass is 9.87. The highest BCUT2D eigenvalue weighted by Crippen LogP contribution is 2.32. The number of fused-ring (bicyclic) bond motifs is 1. The summed E-state index contributed by atoms with van der Waals surface area (Å²) < 4.78 is 28.6. The summed E-state index contributed by atoms with van der Waals surface area (Å²) in [4.78, 5) is 0. The number of anilines is 1. The number of hydrogen-bond acceptors (Lipinski definition) is 2. The van der Waals surface area contributed by atoms with Gasteiger partial charge in [0.25, 0.3) is 0 Å². The van der Waals surface area contributed by atoms with Crippen LogP contribution in [0, 0.1) is 0 Å². The highest BCUT2D eigenvalue weighted by molar-refractivity contribution is 5.49. The minimum atomic E-state index is -2.78. The molecule has 0 spiro atoms. The summed E-state index contributed by atoms with van der Waals surface area (Å²) in [5, 5.41) is 3.47. The van der Waals surface area contributed by atoms with Gasteiger partial charge in [0.1, 0.15) is 5.75 Å². The van der Waals surface area contributed by atoms with E-state index in [9.17, 15) is 8.78 Å². The maximum Gasteiger partial charge on any atom is 0.387 e. The zero-order valence-electron chi connectivity index (χ0n) is 11.6. The fourth-order valence-electron chi connectivity index (χ4n) is 2.84. The van der Waals surface area contributed by atoms with Crippen molar-refractivity contribution in [1.29, 1.82) is 0 Å². The Balaban J connectivity index is 1.73. The predicted octanol–water partition coefficient (Wildman–Crippen LogP) is 4.78. The monoisotopic (exact) mass is 289 g/mol. The van der Waals surface area contributed by atoms with Gasteiger partial charge in [0.05, 0.1) is 6.04 Å². The smallest absolute Gasteiger partial charge is 0.387 e. The molecule has 0 bridgehead atoms. The third kappa shape index (κ3) is 3.32. The Morgan fingerprint density at radius 3 is 2.57 bits per heavy atom. The summed E-state index contributed by atoms with van der Waals surface area (Å²) in [6.45, 7) is -2.78. The number of halogens is 2. The summed E-state index contributed by atoms with van der Waals surface area (Å²) in [7, 11) is 0. The van der Waals surface area contributed by atoms with E-state index in [1.165, 1.54) is 11.1 Å². The number of hydrogen-bond donors (Lipinski definition) is 1. The fraction of sp³-hybridized carbons (Fsp3) is 0.294. The molecule has 1 aliphatic rings. The number of benzene rings is 2. The lowest BCUT2D eigenvalue weighted by molar-refractivity contribution is -0.0498. The van der Waals surface area contributed by atoms with Gasteiger partial charge in [-0.15, -0.1) is 0 Å². The van der Waals surface area contributed by atoms with E-state index in [2.05, 4.69) is 34.3 Å². The number of alkyl halides is 2. The van der Waals surface area contributed by atoms with Gasteiger partial charge in [-0.3, -0.25) is 0 Å². The minimum absolute atomic E-state index is 0.180. The molecule has 0 saturated heterocycles. The summed E-state index contributed by atoms with van der Waals surface area (Å²) in [6.07, 6.45) is 3.35. The van der Waals surface area contributed by atoms with E-state index in [0.29, 0.717) is 0 Å². The molecule has 0 saturated carbocycles. The van der Waals surface area contributed by atoms with Gasteiger partial charge in [-0.1, -0.05) is 24.3 Å². The molecule has 0 amide bonds. The summed E-state index contributed by atoms with van der Waals surface area (Å²) in [5.41, 5.74) is 3.63. The van der Waals surface area contributed by atoms with E-state index in [4.69, 9.17) is 0 Å². The van der Waals surface area contributed by atoms with Crippen molar-refractivity contribution in [2.24, 2.45) is 0 Å². The molecule has 3 rings (SSSR count). The van der Waals surface area contributed by atoms with Crippen LogP contribution in [0.25, 0.3) is 0 Å². The first-order chi connectivity index (χ1) is 10.2. The first-order valence-corrected chi connectivity index (χ1v) is 7.11. The van der Waals surface area contributed by atoms with Crippen molar-refractivity contribution in [2.45, 2.75) is 31.9 Å². The van der Waals surface area contributed by atoms with Crippen molar-refractivity contribution in [3.8, 4) is 5.75 Å². The number of rotatable bonds is 4. The van der Waals surface area contributed by atoms with Gasteiger partial charge in [-0.2, -0.15) is 8.78 Å². The number of nitrogens with one attached hydrogen (secondary N) is 1. The van der Waals surface area contributed by atoms with Crippen molar-refractivity contribution in [3.63, 3.8) is 0 Å². The van der Waals surface area contributed by atoms with Crippen LogP contribution in [0.1, 0.15) is 30.0 Å². The van der Waals surface area contributed by atoms with Crippen LogP contribution in [-0.4, -0.2) is 6.61 Å². The average molecular weight is 289 g/mol. The highest BCUT2D eigenvalue weighted by Gasteiger charge is 2.19. The largest absolute Gasteiger partial charge is 0.435 e. The molecule has 21 heavy (non-hydrogen) atoms. The van der Waals surface area contributed by atoms with Gasteiger partial charge in [-0.05, 0) is 54.7 Å². The number of aryl methyl sites for hydroxylation is 1. The van der Waals surface area contributed by atoms with Crippen molar-refractivity contribution < 1.29 is 13.5 Å². The lowest BCUT2D eigenvalue weighted by Crippen LogP contribution is -2.17. The van der Waals surface area contributed by atoms with Crippen LogP contribution < -0.4 is 10.1 Å². The van der Waals surface area contributed by atoms with Crippen LogP contribution in [0.3, 0.4) is 0 Å². The summed E-state index contributed by atoms with van der Waals surface area (Å²) in [5.74, 6) is 0.180. The van der Waals surface area contributed by atoms with Gasteiger partial charge < -0.3 is 10.1 Å². The molecule has 0 aliphatic heterocycles. The van der Waals surface area contributed by atoms with E-state index in [1.54, 1.807) is 24.3 Å². The van der Waals surface area contributed by atoms with Gasteiger partial charge in [0.15, 0.2) is 0 Å².